The van der Waals surface area contributed by atoms with E-state index in [9.17, 15) is 9.59 Å². The molecule has 1 rings (SSSR count). The number of urea groups is 1. The predicted molar refractivity (Wildman–Crippen MR) is 77.4 cm³/mol. The molecule has 0 aromatic heterocycles. The smallest absolute Gasteiger partial charge is 0.317 e. The summed E-state index contributed by atoms with van der Waals surface area (Å²) >= 11 is 0. The van der Waals surface area contributed by atoms with Crippen LogP contribution in [0.4, 0.5) is 10.5 Å². The van der Waals surface area contributed by atoms with Crippen molar-refractivity contribution in [3.63, 3.8) is 0 Å². The topological polar surface area (TPSA) is 49.4 Å². The van der Waals surface area contributed by atoms with E-state index >= 15 is 0 Å². The first-order chi connectivity index (χ1) is 9.08. The van der Waals surface area contributed by atoms with Crippen LogP contribution in [0.15, 0.2) is 49.6 Å². The first-order valence-corrected chi connectivity index (χ1v) is 5.97. The minimum Gasteiger partial charge on any atom is -0.317 e. The second kappa shape index (κ2) is 7.16. The largest absolute Gasteiger partial charge is 0.322 e. The summed E-state index contributed by atoms with van der Waals surface area (Å²) in [5.74, 6) is -0.0369. The van der Waals surface area contributed by atoms with E-state index in [1.165, 1.54) is 6.92 Å². The molecule has 0 unspecified atom stereocenters. The Balaban J connectivity index is 2.79. The fourth-order valence-electron chi connectivity index (χ4n) is 1.57. The highest BCUT2D eigenvalue weighted by atomic mass is 16.2. The van der Waals surface area contributed by atoms with Gasteiger partial charge < -0.3 is 10.2 Å². The molecule has 19 heavy (non-hydrogen) atoms. The van der Waals surface area contributed by atoms with Crippen LogP contribution < -0.4 is 5.32 Å². The molecule has 1 aromatic carbocycles. The van der Waals surface area contributed by atoms with E-state index < -0.39 is 0 Å². The van der Waals surface area contributed by atoms with Crippen molar-refractivity contribution in [1.82, 2.24) is 4.90 Å². The van der Waals surface area contributed by atoms with Gasteiger partial charge in [0.05, 0.1) is 0 Å². The van der Waals surface area contributed by atoms with Gasteiger partial charge in [-0.1, -0.05) is 24.3 Å². The zero-order valence-corrected chi connectivity index (χ0v) is 11.1. The van der Waals surface area contributed by atoms with Crippen molar-refractivity contribution in [3.05, 3.63) is 55.1 Å². The average Bonchev–Trinajstić information content (AvgIpc) is 2.38. The molecule has 0 saturated carbocycles. The number of hydrogen-bond donors (Lipinski definition) is 1. The maximum absolute atomic E-state index is 12.0. The number of rotatable bonds is 6. The van der Waals surface area contributed by atoms with Crippen LogP contribution in [0.1, 0.15) is 17.3 Å². The molecule has 0 saturated heterocycles. The Hall–Kier alpha value is -2.36. The summed E-state index contributed by atoms with van der Waals surface area (Å²) in [4.78, 5) is 24.8. The maximum atomic E-state index is 12.0. The average molecular weight is 258 g/mol. The van der Waals surface area contributed by atoms with Crippen molar-refractivity contribution in [1.29, 1.82) is 0 Å². The molecule has 0 spiro atoms. The highest BCUT2D eigenvalue weighted by molar-refractivity contribution is 5.96. The Morgan fingerprint density at radius 2 is 1.89 bits per heavy atom. The second-order valence-electron chi connectivity index (χ2n) is 4.05. The summed E-state index contributed by atoms with van der Waals surface area (Å²) in [7, 11) is 0. The molecule has 1 aromatic rings. The standard InChI is InChI=1S/C15H18N2O2/c1-4-9-17(10-5-2)15(19)16-14-8-6-7-13(11-14)12(3)18/h4-8,11H,1-2,9-10H2,3H3,(H,16,19). The lowest BCUT2D eigenvalue weighted by molar-refractivity contribution is 0.101. The van der Waals surface area contributed by atoms with Gasteiger partial charge in [-0.05, 0) is 19.1 Å². The van der Waals surface area contributed by atoms with Crippen molar-refractivity contribution >= 4 is 17.5 Å². The molecule has 4 nitrogen and oxygen atoms in total. The highest BCUT2D eigenvalue weighted by Crippen LogP contribution is 2.12. The summed E-state index contributed by atoms with van der Waals surface area (Å²) in [6.45, 7) is 9.58. The molecule has 2 amide bonds. The van der Waals surface area contributed by atoms with Gasteiger partial charge in [-0.3, -0.25) is 4.79 Å². The van der Waals surface area contributed by atoms with Crippen LogP contribution in [0.3, 0.4) is 0 Å². The Kier molecular flexibility index (Phi) is 5.54. The van der Waals surface area contributed by atoms with E-state index in [4.69, 9.17) is 0 Å². The van der Waals surface area contributed by atoms with Gasteiger partial charge in [0.1, 0.15) is 0 Å². The van der Waals surface area contributed by atoms with Gasteiger partial charge in [0.25, 0.3) is 0 Å². The normalized spacial score (nSPS) is 9.53. The van der Waals surface area contributed by atoms with Gasteiger partial charge in [0.15, 0.2) is 5.78 Å². The number of carbonyl (C=O) groups is 2. The summed E-state index contributed by atoms with van der Waals surface area (Å²) in [6.07, 6.45) is 3.30. The number of nitrogens with zero attached hydrogens (tertiary/aromatic N) is 1. The van der Waals surface area contributed by atoms with E-state index in [1.54, 1.807) is 41.3 Å². The van der Waals surface area contributed by atoms with Crippen LogP contribution in [-0.4, -0.2) is 29.8 Å². The number of anilines is 1. The molecule has 0 radical (unpaired) electrons. The third-order valence-corrected chi connectivity index (χ3v) is 2.51. The Bertz CT molecular complexity index is 485. The number of benzene rings is 1. The zero-order valence-electron chi connectivity index (χ0n) is 11.1. The molecule has 0 aliphatic heterocycles. The highest BCUT2D eigenvalue weighted by Gasteiger charge is 2.11. The van der Waals surface area contributed by atoms with Crippen LogP contribution >= 0.6 is 0 Å². The quantitative estimate of drug-likeness (QED) is 0.629. The van der Waals surface area contributed by atoms with Crippen LogP contribution in [0.2, 0.25) is 0 Å². The molecule has 0 fully saturated rings. The SMILES string of the molecule is C=CCN(CC=C)C(=O)Nc1cccc(C(C)=O)c1. The lowest BCUT2D eigenvalue weighted by Crippen LogP contribution is -2.35. The first kappa shape index (κ1) is 14.7. The number of Topliss-reactive ketones (excluding diaryl/α,β-unsaturated/α-hetero) is 1. The predicted octanol–water partition coefficient (Wildman–Crippen LogP) is 3.10. The molecule has 0 bridgehead atoms. The molecule has 0 atom stereocenters. The van der Waals surface area contributed by atoms with E-state index in [0.29, 0.717) is 24.3 Å². The molecule has 100 valence electrons. The fourth-order valence-corrected chi connectivity index (χ4v) is 1.57. The Labute approximate surface area is 113 Å². The number of nitrogens with one attached hydrogen (secondary N) is 1. The number of amides is 2. The van der Waals surface area contributed by atoms with E-state index in [0.717, 1.165) is 0 Å². The number of ketones is 1. The third-order valence-electron chi connectivity index (χ3n) is 2.51. The molecule has 0 aliphatic rings. The monoisotopic (exact) mass is 258 g/mol. The van der Waals surface area contributed by atoms with E-state index in [2.05, 4.69) is 18.5 Å². The molecule has 0 heterocycles. The fraction of sp³-hybridized carbons (Fsp3) is 0.200. The van der Waals surface area contributed by atoms with Gasteiger partial charge in [0.2, 0.25) is 0 Å². The van der Waals surface area contributed by atoms with Crippen molar-refractivity contribution in [2.75, 3.05) is 18.4 Å². The molecule has 1 N–H and O–H groups in total. The van der Waals surface area contributed by atoms with Gasteiger partial charge in [0, 0.05) is 24.3 Å². The van der Waals surface area contributed by atoms with Crippen LogP contribution in [0.5, 0.6) is 0 Å². The zero-order chi connectivity index (χ0) is 14.3. The van der Waals surface area contributed by atoms with E-state index in [-0.39, 0.29) is 11.8 Å². The lowest BCUT2D eigenvalue weighted by Gasteiger charge is -2.20. The molecular weight excluding hydrogens is 240 g/mol. The third kappa shape index (κ3) is 4.43. The van der Waals surface area contributed by atoms with Gasteiger partial charge >= 0.3 is 6.03 Å². The lowest BCUT2D eigenvalue weighted by atomic mass is 10.1. The number of carbonyl (C=O) groups excluding carboxylic acids is 2. The summed E-state index contributed by atoms with van der Waals surface area (Å²) in [6, 6.07) is 6.59. The summed E-state index contributed by atoms with van der Waals surface area (Å²) < 4.78 is 0. The van der Waals surface area contributed by atoms with Crippen LogP contribution in [-0.2, 0) is 0 Å². The van der Waals surface area contributed by atoms with Gasteiger partial charge in [-0.25, -0.2) is 4.79 Å². The molecular formula is C15H18N2O2. The van der Waals surface area contributed by atoms with Crippen molar-refractivity contribution in [2.45, 2.75) is 6.92 Å². The van der Waals surface area contributed by atoms with Crippen LogP contribution in [0, 0.1) is 0 Å². The first-order valence-electron chi connectivity index (χ1n) is 5.97. The molecule has 4 heteroatoms. The Morgan fingerprint density at radius 1 is 1.26 bits per heavy atom. The second-order valence-corrected chi connectivity index (χ2v) is 4.05. The maximum Gasteiger partial charge on any atom is 0.322 e. The van der Waals surface area contributed by atoms with Crippen molar-refractivity contribution in [3.8, 4) is 0 Å². The van der Waals surface area contributed by atoms with Crippen LogP contribution in [0.25, 0.3) is 0 Å². The summed E-state index contributed by atoms with van der Waals surface area (Å²) in [5, 5.41) is 2.75. The van der Waals surface area contributed by atoms with Gasteiger partial charge in [-0.2, -0.15) is 0 Å². The van der Waals surface area contributed by atoms with Gasteiger partial charge in [-0.15, -0.1) is 13.2 Å². The number of hydrogen-bond acceptors (Lipinski definition) is 2. The molecule has 0 aliphatic carbocycles. The van der Waals surface area contributed by atoms with Crippen molar-refractivity contribution in [2.24, 2.45) is 0 Å². The van der Waals surface area contributed by atoms with E-state index in [1.807, 2.05) is 0 Å². The Morgan fingerprint density at radius 3 is 2.42 bits per heavy atom. The summed E-state index contributed by atoms with van der Waals surface area (Å²) in [5.41, 5.74) is 1.16. The minimum absolute atomic E-state index is 0.0369. The minimum atomic E-state index is -0.250. The van der Waals surface area contributed by atoms with Crippen molar-refractivity contribution < 1.29 is 9.59 Å².